The monoisotopic (exact) mass is 226 g/mol. The molecule has 2 rings (SSSR count). The van der Waals surface area contributed by atoms with E-state index in [0.29, 0.717) is 0 Å². The molecule has 0 atom stereocenters. The van der Waals surface area contributed by atoms with Crippen LogP contribution in [0.3, 0.4) is 0 Å². The quantitative estimate of drug-likeness (QED) is 0.539. The Balaban J connectivity index is 2.53. The molecule has 0 spiro atoms. The maximum absolute atomic E-state index is 2.15. The molecule has 0 unspecified atom stereocenters. The lowest BCUT2D eigenvalue weighted by atomic mass is 10.1. The van der Waals surface area contributed by atoms with E-state index in [9.17, 15) is 0 Å². The SMILES string of the molecule is CC=S=C(c1ccccc1)c1ccccc1. The predicted octanol–water partition coefficient (Wildman–Crippen LogP) is 3.81. The van der Waals surface area contributed by atoms with E-state index in [1.54, 1.807) is 10.9 Å². The summed E-state index contributed by atoms with van der Waals surface area (Å²) in [4.78, 5) is 1.31. The summed E-state index contributed by atoms with van der Waals surface area (Å²) in [5.41, 5.74) is 2.55. The van der Waals surface area contributed by atoms with Crippen LogP contribution in [0, 0.1) is 0 Å². The maximum atomic E-state index is 2.15. The number of hydrogen-bond acceptors (Lipinski definition) is 0. The van der Waals surface area contributed by atoms with Crippen molar-refractivity contribution in [3.8, 4) is 0 Å². The van der Waals surface area contributed by atoms with Crippen molar-refractivity contribution in [3.05, 3.63) is 71.8 Å². The van der Waals surface area contributed by atoms with Crippen molar-refractivity contribution in [1.82, 2.24) is 0 Å². The van der Waals surface area contributed by atoms with E-state index in [-0.39, 0.29) is 0 Å². The van der Waals surface area contributed by atoms with Gasteiger partial charge in [0.1, 0.15) is 0 Å². The molecule has 0 aliphatic rings. The summed E-state index contributed by atoms with van der Waals surface area (Å²) in [5.74, 6) is 0. The molecular weight excluding hydrogens is 212 g/mol. The van der Waals surface area contributed by atoms with Crippen molar-refractivity contribution in [2.75, 3.05) is 0 Å². The second-order valence-corrected chi connectivity index (χ2v) is 4.53. The fourth-order valence-electron chi connectivity index (χ4n) is 1.60. The zero-order valence-corrected chi connectivity index (χ0v) is 10.1. The third kappa shape index (κ3) is 2.50. The second kappa shape index (κ2) is 5.47. The molecule has 0 amide bonds. The molecule has 0 nitrogen and oxygen atoms in total. The molecule has 0 bridgehead atoms. The first-order valence-corrected chi connectivity index (χ1v) is 6.22. The van der Waals surface area contributed by atoms with Crippen LogP contribution in [0.5, 0.6) is 0 Å². The minimum absolute atomic E-state index is 1.27. The van der Waals surface area contributed by atoms with Crippen LogP contribution in [-0.2, 0) is 0 Å². The Morgan fingerprint density at radius 2 is 1.25 bits per heavy atom. The van der Waals surface area contributed by atoms with Crippen LogP contribution >= 0.6 is 10.9 Å². The molecule has 1 heteroatoms. The Kier molecular flexibility index (Phi) is 3.73. The molecule has 0 aromatic heterocycles. The van der Waals surface area contributed by atoms with Gasteiger partial charge in [-0.15, -0.1) is 10.9 Å². The molecular formula is C15H14S. The fraction of sp³-hybridized carbons (Fsp3) is 0.0667. The van der Waals surface area contributed by atoms with Crippen LogP contribution in [0.15, 0.2) is 60.7 Å². The third-order valence-corrected chi connectivity index (χ3v) is 3.25. The normalized spacial score (nSPS) is 9.56. The van der Waals surface area contributed by atoms with E-state index in [1.165, 1.54) is 16.0 Å². The van der Waals surface area contributed by atoms with Gasteiger partial charge in [0.25, 0.3) is 0 Å². The average Bonchev–Trinajstić information content (AvgIpc) is 2.38. The Morgan fingerprint density at radius 3 is 1.62 bits per heavy atom. The molecule has 16 heavy (non-hydrogen) atoms. The first-order valence-electron chi connectivity index (χ1n) is 5.34. The topological polar surface area (TPSA) is 0 Å². The molecule has 0 heterocycles. The Labute approximate surface area is 100 Å². The van der Waals surface area contributed by atoms with Crippen molar-refractivity contribution in [1.29, 1.82) is 0 Å². The Hall–Kier alpha value is -1.60. The summed E-state index contributed by atoms with van der Waals surface area (Å²) in [6.45, 7) is 2.07. The summed E-state index contributed by atoms with van der Waals surface area (Å²) in [6, 6.07) is 21.0. The van der Waals surface area contributed by atoms with Crippen LogP contribution in [0.1, 0.15) is 18.1 Å². The van der Waals surface area contributed by atoms with Crippen molar-refractivity contribution >= 4 is 21.2 Å². The highest BCUT2D eigenvalue weighted by atomic mass is 32.1. The molecule has 0 aliphatic carbocycles. The van der Waals surface area contributed by atoms with Crippen LogP contribution in [0.2, 0.25) is 0 Å². The van der Waals surface area contributed by atoms with Gasteiger partial charge >= 0.3 is 0 Å². The molecule has 0 saturated carbocycles. The minimum Gasteiger partial charge on any atom is -0.148 e. The van der Waals surface area contributed by atoms with Crippen molar-refractivity contribution in [3.63, 3.8) is 0 Å². The third-order valence-electron chi connectivity index (χ3n) is 2.31. The summed E-state index contributed by atoms with van der Waals surface area (Å²) in [5, 5.41) is 2.12. The average molecular weight is 226 g/mol. The van der Waals surface area contributed by atoms with Gasteiger partial charge in [0.15, 0.2) is 0 Å². The Bertz CT molecular complexity index is 464. The molecule has 0 aliphatic heterocycles. The van der Waals surface area contributed by atoms with Crippen LogP contribution in [-0.4, -0.2) is 10.2 Å². The van der Waals surface area contributed by atoms with Gasteiger partial charge in [-0.2, -0.15) is 0 Å². The van der Waals surface area contributed by atoms with E-state index in [4.69, 9.17) is 0 Å². The van der Waals surface area contributed by atoms with Gasteiger partial charge in [0, 0.05) is 4.86 Å². The number of benzene rings is 2. The number of rotatable bonds is 2. The molecule has 0 radical (unpaired) electrons. The van der Waals surface area contributed by atoms with Gasteiger partial charge in [0.05, 0.1) is 0 Å². The van der Waals surface area contributed by atoms with Crippen molar-refractivity contribution < 1.29 is 0 Å². The lowest BCUT2D eigenvalue weighted by Gasteiger charge is -2.04. The highest BCUT2D eigenvalue weighted by Gasteiger charge is 2.02. The summed E-state index contributed by atoms with van der Waals surface area (Å²) < 4.78 is 0. The molecule has 2 aromatic carbocycles. The summed E-state index contributed by atoms with van der Waals surface area (Å²) in [6.07, 6.45) is 0. The first-order chi connectivity index (χ1) is 7.92. The largest absolute Gasteiger partial charge is 0.148 e. The first kappa shape index (κ1) is 10.9. The molecule has 0 saturated heterocycles. The highest BCUT2D eigenvalue weighted by Crippen LogP contribution is 2.11. The van der Waals surface area contributed by atoms with E-state index in [2.05, 4.69) is 60.8 Å². The van der Waals surface area contributed by atoms with Crippen LogP contribution < -0.4 is 0 Å². The van der Waals surface area contributed by atoms with Gasteiger partial charge in [-0.25, -0.2) is 0 Å². The van der Waals surface area contributed by atoms with Crippen LogP contribution in [0.25, 0.3) is 0 Å². The molecule has 80 valence electrons. The van der Waals surface area contributed by atoms with Gasteiger partial charge in [-0.3, -0.25) is 0 Å². The van der Waals surface area contributed by atoms with E-state index >= 15 is 0 Å². The second-order valence-electron chi connectivity index (χ2n) is 3.41. The van der Waals surface area contributed by atoms with Gasteiger partial charge in [-0.05, 0) is 23.4 Å². The van der Waals surface area contributed by atoms with E-state index in [0.717, 1.165) is 0 Å². The highest BCUT2D eigenvalue weighted by molar-refractivity contribution is 7.97. The van der Waals surface area contributed by atoms with E-state index in [1.807, 2.05) is 12.1 Å². The standard InChI is InChI=1S/C15H14S/c1-2-16-15(13-9-5-3-6-10-13)14-11-7-4-8-12-14/h2-12H,1H3. The zero-order valence-electron chi connectivity index (χ0n) is 9.26. The molecule has 2 aromatic rings. The fourth-order valence-corrected chi connectivity index (χ4v) is 2.38. The molecule has 0 N–H and O–H groups in total. The van der Waals surface area contributed by atoms with Gasteiger partial charge < -0.3 is 0 Å². The van der Waals surface area contributed by atoms with Gasteiger partial charge in [-0.1, -0.05) is 60.7 Å². The Morgan fingerprint density at radius 1 is 0.812 bits per heavy atom. The summed E-state index contributed by atoms with van der Waals surface area (Å²) >= 11 is 0. The lowest BCUT2D eigenvalue weighted by Crippen LogP contribution is -1.99. The predicted molar refractivity (Wildman–Crippen MR) is 75.4 cm³/mol. The lowest BCUT2D eigenvalue weighted by molar-refractivity contribution is 1.62. The smallest absolute Gasteiger partial charge is 0.0411 e. The summed E-state index contributed by atoms with van der Waals surface area (Å²) in [7, 11) is 1.77. The van der Waals surface area contributed by atoms with Gasteiger partial charge in [0.2, 0.25) is 0 Å². The van der Waals surface area contributed by atoms with Crippen molar-refractivity contribution in [2.45, 2.75) is 6.92 Å². The van der Waals surface area contributed by atoms with Crippen molar-refractivity contribution in [2.24, 2.45) is 0 Å². The number of hydrogen-bond donors (Lipinski definition) is 0. The van der Waals surface area contributed by atoms with Crippen LogP contribution in [0.4, 0.5) is 0 Å². The minimum atomic E-state index is 1.27. The maximum Gasteiger partial charge on any atom is 0.0411 e. The zero-order chi connectivity index (χ0) is 11.2. The van der Waals surface area contributed by atoms with E-state index < -0.39 is 0 Å². The molecule has 0 fully saturated rings.